The molecule has 0 unspecified atom stereocenters. The van der Waals surface area contributed by atoms with Crippen LogP contribution in [0.5, 0.6) is 0 Å². The summed E-state index contributed by atoms with van der Waals surface area (Å²) in [6, 6.07) is 9.03. The minimum atomic E-state index is -0.744. The number of amides is 1. The average Bonchev–Trinajstić information content (AvgIpc) is 3.19. The second-order valence-corrected chi connectivity index (χ2v) is 7.84. The normalized spacial score (nSPS) is 25.6. The highest BCUT2D eigenvalue weighted by atomic mass is 16.8. The van der Waals surface area contributed by atoms with E-state index in [2.05, 4.69) is 17.7 Å². The second-order valence-electron chi connectivity index (χ2n) is 7.84. The van der Waals surface area contributed by atoms with E-state index in [1.165, 1.54) is 25.5 Å². The maximum absolute atomic E-state index is 11.9. The number of fused-ring (bicyclic) bond motifs is 1. The number of hydroxylamine groups is 1. The Bertz CT molecular complexity index is 709. The molecule has 2 aliphatic rings. The van der Waals surface area contributed by atoms with Gasteiger partial charge in [0.05, 0.1) is 12.8 Å². The monoisotopic (exact) mass is 420 g/mol. The highest BCUT2D eigenvalue weighted by Crippen LogP contribution is 2.40. The van der Waals surface area contributed by atoms with E-state index in [4.69, 9.17) is 23.8 Å². The lowest BCUT2D eigenvalue weighted by atomic mass is 10.2. The number of rotatable bonds is 10. The molecule has 0 aliphatic carbocycles. The van der Waals surface area contributed by atoms with Gasteiger partial charge in [-0.15, -0.1) is 0 Å². The van der Waals surface area contributed by atoms with Gasteiger partial charge in [0.25, 0.3) is 0 Å². The van der Waals surface area contributed by atoms with Crippen molar-refractivity contribution in [2.24, 2.45) is 0 Å². The summed E-state index contributed by atoms with van der Waals surface area (Å²) in [6.07, 6.45) is 5.22. The fourth-order valence-corrected chi connectivity index (χ4v) is 3.43. The Labute approximate surface area is 177 Å². The van der Waals surface area contributed by atoms with Crippen molar-refractivity contribution < 1.29 is 28.6 Å². The van der Waals surface area contributed by atoms with Crippen molar-refractivity contribution >= 4 is 11.8 Å². The van der Waals surface area contributed by atoms with Crippen molar-refractivity contribution in [3.8, 4) is 0 Å². The highest BCUT2D eigenvalue weighted by molar-refractivity contribution is 5.84. The van der Waals surface area contributed by atoms with E-state index in [1.54, 1.807) is 12.1 Å². The number of para-hydroxylation sites is 1. The minimum absolute atomic E-state index is 0.373. The maximum atomic E-state index is 11.9. The van der Waals surface area contributed by atoms with Crippen LogP contribution in [0.4, 0.5) is 10.5 Å². The molecule has 2 heterocycles. The molecule has 1 aromatic carbocycles. The first kappa shape index (κ1) is 22.4. The molecule has 0 spiro atoms. The van der Waals surface area contributed by atoms with E-state index in [0.717, 1.165) is 12.8 Å². The first-order valence-corrected chi connectivity index (χ1v) is 10.6. The third-order valence-corrected chi connectivity index (χ3v) is 4.83. The van der Waals surface area contributed by atoms with Gasteiger partial charge in [-0.25, -0.2) is 10.3 Å². The summed E-state index contributed by atoms with van der Waals surface area (Å²) in [5.74, 6) is -0.277. The van der Waals surface area contributed by atoms with Gasteiger partial charge in [0.15, 0.2) is 23.8 Å². The summed E-state index contributed by atoms with van der Waals surface area (Å²) in [6.45, 7) is 6.49. The number of carbonyl (C=O) groups excluding carboxylic acids is 1. The van der Waals surface area contributed by atoms with E-state index in [1.807, 2.05) is 32.0 Å². The summed E-state index contributed by atoms with van der Waals surface area (Å²) < 4.78 is 23.7. The van der Waals surface area contributed by atoms with Crippen molar-refractivity contribution in [2.75, 3.05) is 11.9 Å². The molecule has 8 heteroatoms. The molecule has 166 valence electrons. The minimum Gasteiger partial charge on any atom is -0.462 e. The molecule has 1 aromatic rings. The van der Waals surface area contributed by atoms with Crippen molar-refractivity contribution in [3.63, 3.8) is 0 Å². The van der Waals surface area contributed by atoms with Gasteiger partial charge in [0.2, 0.25) is 6.29 Å². The lowest BCUT2D eigenvalue weighted by Crippen LogP contribution is -2.31. The SMILES string of the molecule is CCCCCCCO[C@H]1OC(=CNOC(=O)Nc2ccccc2)[C@@H]2OC(C)(C)O[C@H]12. The van der Waals surface area contributed by atoms with E-state index in [9.17, 15) is 4.79 Å². The molecular formula is C22H32N2O6. The highest BCUT2D eigenvalue weighted by Gasteiger charge is 2.54. The van der Waals surface area contributed by atoms with Gasteiger partial charge in [-0.3, -0.25) is 5.32 Å². The molecular weight excluding hydrogens is 388 g/mol. The van der Waals surface area contributed by atoms with Gasteiger partial charge >= 0.3 is 6.09 Å². The molecule has 2 fully saturated rings. The number of ether oxygens (including phenoxy) is 4. The molecule has 3 atom stereocenters. The quantitative estimate of drug-likeness (QED) is 0.427. The summed E-state index contributed by atoms with van der Waals surface area (Å²) in [7, 11) is 0. The maximum Gasteiger partial charge on any atom is 0.435 e. The summed E-state index contributed by atoms with van der Waals surface area (Å²) in [5, 5.41) is 2.61. The van der Waals surface area contributed by atoms with Gasteiger partial charge in [-0.2, -0.15) is 0 Å². The summed E-state index contributed by atoms with van der Waals surface area (Å²) >= 11 is 0. The number of anilines is 1. The van der Waals surface area contributed by atoms with Crippen LogP contribution in [-0.4, -0.2) is 37.0 Å². The molecule has 3 rings (SSSR count). The van der Waals surface area contributed by atoms with Crippen LogP contribution in [0.3, 0.4) is 0 Å². The fourth-order valence-electron chi connectivity index (χ4n) is 3.43. The van der Waals surface area contributed by atoms with Crippen molar-refractivity contribution in [2.45, 2.75) is 77.2 Å². The van der Waals surface area contributed by atoms with Gasteiger partial charge < -0.3 is 23.8 Å². The van der Waals surface area contributed by atoms with Crippen LogP contribution in [0.2, 0.25) is 0 Å². The smallest absolute Gasteiger partial charge is 0.435 e. The van der Waals surface area contributed by atoms with Gasteiger partial charge in [-0.05, 0) is 32.4 Å². The zero-order valence-electron chi connectivity index (χ0n) is 17.9. The molecule has 1 amide bonds. The Balaban J connectivity index is 1.49. The molecule has 0 bridgehead atoms. The Morgan fingerprint density at radius 1 is 1.13 bits per heavy atom. The fraction of sp³-hybridized carbons (Fsp3) is 0.591. The van der Waals surface area contributed by atoms with E-state index in [-0.39, 0.29) is 6.10 Å². The van der Waals surface area contributed by atoms with Gasteiger partial charge in [0, 0.05) is 5.69 Å². The number of carbonyl (C=O) groups is 1. The first-order chi connectivity index (χ1) is 14.5. The van der Waals surface area contributed by atoms with Gasteiger partial charge in [0.1, 0.15) is 0 Å². The Hall–Kier alpha value is -2.29. The largest absolute Gasteiger partial charge is 0.462 e. The molecule has 0 radical (unpaired) electrons. The number of nitrogens with one attached hydrogen (secondary N) is 2. The van der Waals surface area contributed by atoms with Crippen molar-refractivity contribution in [1.82, 2.24) is 5.48 Å². The van der Waals surface area contributed by atoms with E-state index in [0.29, 0.717) is 18.1 Å². The van der Waals surface area contributed by atoms with Crippen LogP contribution in [0.1, 0.15) is 52.9 Å². The zero-order valence-corrected chi connectivity index (χ0v) is 17.9. The predicted molar refractivity (Wildman–Crippen MR) is 111 cm³/mol. The van der Waals surface area contributed by atoms with E-state index < -0.39 is 24.3 Å². The lowest BCUT2D eigenvalue weighted by Gasteiger charge is -2.22. The Kier molecular flexibility index (Phi) is 7.95. The van der Waals surface area contributed by atoms with Crippen LogP contribution >= 0.6 is 0 Å². The van der Waals surface area contributed by atoms with Crippen molar-refractivity contribution in [1.29, 1.82) is 0 Å². The van der Waals surface area contributed by atoms with Crippen LogP contribution in [0, 0.1) is 0 Å². The molecule has 2 saturated heterocycles. The molecule has 2 aliphatic heterocycles. The summed E-state index contributed by atoms with van der Waals surface area (Å²) in [5.41, 5.74) is 3.14. The standard InChI is InChI=1S/C22H32N2O6/c1-4-5-6-7-11-14-26-20-19-18(28-22(2,3)29-19)17(27-20)15-23-30-21(25)24-16-12-9-8-10-13-16/h8-10,12-13,15,18-20,23H,4-7,11,14H2,1-3H3,(H,24,25)/t18-,19-,20-/m0/s1. The molecule has 2 N–H and O–H groups in total. The molecule has 8 nitrogen and oxygen atoms in total. The summed E-state index contributed by atoms with van der Waals surface area (Å²) in [4.78, 5) is 16.9. The number of benzene rings is 1. The molecule has 0 saturated carbocycles. The second kappa shape index (κ2) is 10.7. The van der Waals surface area contributed by atoms with Crippen LogP contribution < -0.4 is 10.8 Å². The zero-order chi connectivity index (χ0) is 21.4. The molecule has 30 heavy (non-hydrogen) atoms. The van der Waals surface area contributed by atoms with Gasteiger partial charge in [-0.1, -0.05) is 50.8 Å². The van der Waals surface area contributed by atoms with Crippen LogP contribution in [-0.2, 0) is 23.8 Å². The van der Waals surface area contributed by atoms with Crippen LogP contribution in [0.25, 0.3) is 0 Å². The van der Waals surface area contributed by atoms with Crippen molar-refractivity contribution in [3.05, 3.63) is 42.3 Å². The Morgan fingerprint density at radius 2 is 1.90 bits per heavy atom. The Morgan fingerprint density at radius 3 is 2.67 bits per heavy atom. The average molecular weight is 421 g/mol. The predicted octanol–water partition coefficient (Wildman–Crippen LogP) is 4.44. The lowest BCUT2D eigenvalue weighted by molar-refractivity contribution is -0.208. The van der Waals surface area contributed by atoms with E-state index >= 15 is 0 Å². The van der Waals surface area contributed by atoms with Crippen LogP contribution in [0.15, 0.2) is 42.3 Å². The third kappa shape index (κ3) is 6.35. The number of hydrogen-bond acceptors (Lipinski definition) is 7. The number of hydrogen-bond donors (Lipinski definition) is 2. The third-order valence-electron chi connectivity index (χ3n) is 4.83. The first-order valence-electron chi connectivity index (χ1n) is 10.6. The topological polar surface area (TPSA) is 87.3 Å². The number of unbranched alkanes of at least 4 members (excludes halogenated alkanes) is 4. The molecule has 0 aromatic heterocycles.